The minimum atomic E-state index is -0.760. The topological polar surface area (TPSA) is 49.3 Å². The van der Waals surface area contributed by atoms with E-state index < -0.39 is 5.97 Å². The number of carboxylic acid groups (broad SMARTS) is 1. The first-order chi connectivity index (χ1) is 10.6. The van der Waals surface area contributed by atoms with E-state index in [9.17, 15) is 4.79 Å². The van der Waals surface area contributed by atoms with E-state index in [2.05, 4.69) is 48.6 Å². The fraction of sp³-hybridized carbons (Fsp3) is 0.316. The standard InChI is InChI=1S/C19H23NO2/c1-15-7-9-17(10-8-15)13-18(14-19(21)22)20-12-11-16-5-3-2-4-6-16/h2-10,18,20H,11-14H2,1H3,(H,21,22). The smallest absolute Gasteiger partial charge is 0.304 e. The average Bonchev–Trinajstić information content (AvgIpc) is 2.50. The van der Waals surface area contributed by atoms with Gasteiger partial charge in [-0.3, -0.25) is 4.79 Å². The lowest BCUT2D eigenvalue weighted by molar-refractivity contribution is -0.137. The van der Waals surface area contributed by atoms with E-state index in [-0.39, 0.29) is 12.5 Å². The van der Waals surface area contributed by atoms with Crippen molar-refractivity contribution in [2.24, 2.45) is 0 Å². The third kappa shape index (κ3) is 5.70. The van der Waals surface area contributed by atoms with Gasteiger partial charge in [0, 0.05) is 6.04 Å². The van der Waals surface area contributed by atoms with E-state index in [0.717, 1.165) is 19.4 Å². The van der Waals surface area contributed by atoms with Gasteiger partial charge in [-0.15, -0.1) is 0 Å². The van der Waals surface area contributed by atoms with E-state index >= 15 is 0 Å². The Hall–Kier alpha value is -2.13. The molecule has 0 saturated carbocycles. The van der Waals surface area contributed by atoms with Crippen LogP contribution in [-0.2, 0) is 17.6 Å². The molecule has 0 saturated heterocycles. The molecule has 2 aromatic rings. The lowest BCUT2D eigenvalue weighted by Crippen LogP contribution is -2.34. The summed E-state index contributed by atoms with van der Waals surface area (Å²) < 4.78 is 0. The Labute approximate surface area is 132 Å². The Kier molecular flexibility index (Phi) is 6.16. The zero-order valence-corrected chi connectivity index (χ0v) is 13.0. The minimum Gasteiger partial charge on any atom is -0.481 e. The molecule has 0 amide bonds. The number of rotatable bonds is 8. The van der Waals surface area contributed by atoms with Crippen molar-refractivity contribution < 1.29 is 9.90 Å². The highest BCUT2D eigenvalue weighted by Crippen LogP contribution is 2.09. The van der Waals surface area contributed by atoms with Gasteiger partial charge in [0.15, 0.2) is 0 Å². The molecule has 0 bridgehead atoms. The lowest BCUT2D eigenvalue weighted by atomic mass is 10.0. The van der Waals surface area contributed by atoms with Gasteiger partial charge in [-0.05, 0) is 37.4 Å². The van der Waals surface area contributed by atoms with E-state index in [1.165, 1.54) is 16.7 Å². The third-order valence-electron chi connectivity index (χ3n) is 3.71. The molecule has 2 N–H and O–H groups in total. The van der Waals surface area contributed by atoms with Crippen LogP contribution in [0.3, 0.4) is 0 Å². The Morgan fingerprint density at radius 1 is 1.05 bits per heavy atom. The third-order valence-corrected chi connectivity index (χ3v) is 3.71. The second kappa shape index (κ2) is 8.35. The maximum Gasteiger partial charge on any atom is 0.304 e. The molecule has 22 heavy (non-hydrogen) atoms. The van der Waals surface area contributed by atoms with Gasteiger partial charge in [-0.25, -0.2) is 0 Å². The summed E-state index contributed by atoms with van der Waals surface area (Å²) >= 11 is 0. The SMILES string of the molecule is Cc1ccc(CC(CC(=O)O)NCCc2ccccc2)cc1. The number of nitrogens with one attached hydrogen (secondary N) is 1. The maximum atomic E-state index is 11.0. The van der Waals surface area contributed by atoms with Gasteiger partial charge in [0.1, 0.15) is 0 Å². The molecule has 0 aromatic heterocycles. The van der Waals surface area contributed by atoms with E-state index in [0.29, 0.717) is 0 Å². The Bertz CT molecular complexity index is 578. The zero-order valence-electron chi connectivity index (χ0n) is 13.0. The van der Waals surface area contributed by atoms with Gasteiger partial charge in [-0.1, -0.05) is 60.2 Å². The predicted octanol–water partition coefficient (Wildman–Crippen LogP) is 3.21. The molecular weight excluding hydrogens is 274 g/mol. The summed E-state index contributed by atoms with van der Waals surface area (Å²) in [5, 5.41) is 12.5. The number of hydrogen-bond donors (Lipinski definition) is 2. The summed E-state index contributed by atoms with van der Waals surface area (Å²) in [6, 6.07) is 18.5. The number of aliphatic carboxylic acids is 1. The van der Waals surface area contributed by atoms with Crippen molar-refractivity contribution in [1.82, 2.24) is 5.32 Å². The molecule has 0 aliphatic heterocycles. The van der Waals surface area contributed by atoms with E-state index in [1.807, 2.05) is 18.2 Å². The molecule has 1 unspecified atom stereocenters. The van der Waals surface area contributed by atoms with Crippen molar-refractivity contribution in [1.29, 1.82) is 0 Å². The summed E-state index contributed by atoms with van der Waals surface area (Å²) in [4.78, 5) is 11.0. The molecule has 0 heterocycles. The van der Waals surface area contributed by atoms with Gasteiger partial charge < -0.3 is 10.4 Å². The highest BCUT2D eigenvalue weighted by molar-refractivity contribution is 5.67. The fourth-order valence-electron chi connectivity index (χ4n) is 2.50. The molecule has 0 aliphatic rings. The summed E-state index contributed by atoms with van der Waals surface area (Å²) in [5.74, 6) is -0.760. The fourth-order valence-corrected chi connectivity index (χ4v) is 2.50. The van der Waals surface area contributed by atoms with Crippen LogP contribution in [0.25, 0.3) is 0 Å². The number of carboxylic acids is 1. The molecule has 2 rings (SSSR count). The molecule has 0 spiro atoms. The van der Waals surface area contributed by atoms with Gasteiger partial charge in [0.05, 0.1) is 6.42 Å². The summed E-state index contributed by atoms with van der Waals surface area (Å²) in [7, 11) is 0. The zero-order chi connectivity index (χ0) is 15.8. The predicted molar refractivity (Wildman–Crippen MR) is 89.1 cm³/mol. The van der Waals surface area contributed by atoms with Crippen LogP contribution in [0.5, 0.6) is 0 Å². The van der Waals surface area contributed by atoms with Crippen molar-refractivity contribution >= 4 is 5.97 Å². The van der Waals surface area contributed by atoms with Crippen LogP contribution in [0.15, 0.2) is 54.6 Å². The first-order valence-corrected chi connectivity index (χ1v) is 7.68. The van der Waals surface area contributed by atoms with E-state index in [1.54, 1.807) is 0 Å². The second-order valence-electron chi connectivity index (χ2n) is 5.67. The monoisotopic (exact) mass is 297 g/mol. The van der Waals surface area contributed by atoms with Crippen LogP contribution < -0.4 is 5.32 Å². The average molecular weight is 297 g/mol. The molecule has 0 aliphatic carbocycles. The maximum absolute atomic E-state index is 11.0. The summed E-state index contributed by atoms with van der Waals surface area (Å²) in [6.07, 6.45) is 1.79. The first kappa shape index (κ1) is 16.2. The number of hydrogen-bond acceptors (Lipinski definition) is 2. The summed E-state index contributed by atoms with van der Waals surface area (Å²) in [6.45, 7) is 2.84. The lowest BCUT2D eigenvalue weighted by Gasteiger charge is -2.17. The van der Waals surface area contributed by atoms with Gasteiger partial charge >= 0.3 is 5.97 Å². The minimum absolute atomic E-state index is 0.0380. The van der Waals surface area contributed by atoms with Crippen LogP contribution in [0.4, 0.5) is 0 Å². The summed E-state index contributed by atoms with van der Waals surface area (Å²) in [5.41, 5.74) is 3.65. The molecule has 3 nitrogen and oxygen atoms in total. The highest BCUT2D eigenvalue weighted by Gasteiger charge is 2.13. The molecule has 1 atom stereocenters. The van der Waals surface area contributed by atoms with Crippen LogP contribution in [0.2, 0.25) is 0 Å². The normalized spacial score (nSPS) is 12.0. The second-order valence-corrected chi connectivity index (χ2v) is 5.67. The number of carbonyl (C=O) groups is 1. The van der Waals surface area contributed by atoms with Gasteiger partial charge in [0.25, 0.3) is 0 Å². The first-order valence-electron chi connectivity index (χ1n) is 7.68. The molecule has 3 heteroatoms. The van der Waals surface area contributed by atoms with Crippen molar-refractivity contribution in [3.8, 4) is 0 Å². The molecule has 0 radical (unpaired) electrons. The van der Waals surface area contributed by atoms with Crippen LogP contribution in [-0.4, -0.2) is 23.7 Å². The van der Waals surface area contributed by atoms with Crippen LogP contribution in [0, 0.1) is 6.92 Å². The van der Waals surface area contributed by atoms with Crippen molar-refractivity contribution in [2.75, 3.05) is 6.54 Å². The van der Waals surface area contributed by atoms with Gasteiger partial charge in [-0.2, -0.15) is 0 Å². The number of aryl methyl sites for hydroxylation is 1. The van der Waals surface area contributed by atoms with E-state index in [4.69, 9.17) is 5.11 Å². The van der Waals surface area contributed by atoms with Crippen molar-refractivity contribution in [2.45, 2.75) is 32.2 Å². The van der Waals surface area contributed by atoms with Crippen LogP contribution >= 0.6 is 0 Å². The molecular formula is C19H23NO2. The van der Waals surface area contributed by atoms with Gasteiger partial charge in [0.2, 0.25) is 0 Å². The Morgan fingerprint density at radius 2 is 1.73 bits per heavy atom. The molecule has 2 aromatic carbocycles. The molecule has 0 fully saturated rings. The van der Waals surface area contributed by atoms with Crippen molar-refractivity contribution in [3.63, 3.8) is 0 Å². The highest BCUT2D eigenvalue weighted by atomic mass is 16.4. The van der Waals surface area contributed by atoms with Crippen LogP contribution in [0.1, 0.15) is 23.1 Å². The Morgan fingerprint density at radius 3 is 2.36 bits per heavy atom. The largest absolute Gasteiger partial charge is 0.481 e. The quantitative estimate of drug-likeness (QED) is 0.786. The van der Waals surface area contributed by atoms with Crippen molar-refractivity contribution in [3.05, 3.63) is 71.3 Å². The Balaban J connectivity index is 1.88. The molecule has 116 valence electrons. The number of benzene rings is 2.